The summed E-state index contributed by atoms with van der Waals surface area (Å²) in [5.74, 6) is 0. The monoisotopic (exact) mass is 361 g/mol. The van der Waals surface area contributed by atoms with Gasteiger partial charge in [-0.3, -0.25) is 0 Å². The van der Waals surface area contributed by atoms with Gasteiger partial charge >= 0.3 is 0 Å². The first-order valence-corrected chi connectivity index (χ1v) is 10.2. The molecule has 2 nitrogen and oxygen atoms in total. The first-order chi connectivity index (χ1) is 13.0. The van der Waals surface area contributed by atoms with E-state index in [0.717, 1.165) is 13.0 Å². The number of hydrogen-bond acceptors (Lipinski definition) is 2. The van der Waals surface area contributed by atoms with Crippen LogP contribution >= 0.6 is 0 Å². The van der Waals surface area contributed by atoms with Crippen molar-refractivity contribution >= 4 is 16.5 Å². The van der Waals surface area contributed by atoms with Gasteiger partial charge in [0.1, 0.15) is 0 Å². The molecule has 1 saturated carbocycles. The summed E-state index contributed by atoms with van der Waals surface area (Å²) < 4.78 is 5.45. The second-order valence-corrected chi connectivity index (χ2v) is 8.54. The number of hydrogen-bond donors (Lipinski definition) is 0. The van der Waals surface area contributed by atoms with Crippen LogP contribution in [0.25, 0.3) is 10.8 Å². The summed E-state index contributed by atoms with van der Waals surface area (Å²) in [6.45, 7) is 10.3. The quantitative estimate of drug-likeness (QED) is 0.622. The van der Waals surface area contributed by atoms with E-state index in [1.165, 1.54) is 51.7 Å². The molecule has 142 valence electrons. The SMILES string of the molecule is CCCCN1/C(=C/C=C2CC2OC)C(C)(C)c2c1ccc1ccc(C)cc21. The highest BCUT2D eigenvalue weighted by atomic mass is 16.5. The number of rotatable bonds is 5. The van der Waals surface area contributed by atoms with Gasteiger partial charge in [0.15, 0.2) is 0 Å². The zero-order valence-electron chi connectivity index (χ0n) is 17.3. The molecule has 1 aliphatic carbocycles. The molecule has 0 aromatic heterocycles. The minimum Gasteiger partial charge on any atom is -0.377 e. The summed E-state index contributed by atoms with van der Waals surface area (Å²) in [6.07, 6.45) is 8.47. The van der Waals surface area contributed by atoms with Crippen molar-refractivity contribution in [2.75, 3.05) is 18.6 Å². The molecule has 1 unspecified atom stereocenters. The molecule has 0 bridgehead atoms. The number of benzene rings is 2. The average Bonchev–Trinajstić information content (AvgIpc) is 3.37. The molecule has 0 spiro atoms. The lowest BCUT2D eigenvalue weighted by atomic mass is 9.81. The van der Waals surface area contributed by atoms with Gasteiger partial charge in [-0.25, -0.2) is 0 Å². The second-order valence-electron chi connectivity index (χ2n) is 8.54. The third-order valence-corrected chi connectivity index (χ3v) is 6.15. The highest BCUT2D eigenvalue weighted by Gasteiger charge is 2.41. The number of aryl methyl sites for hydroxylation is 1. The highest BCUT2D eigenvalue weighted by Crippen LogP contribution is 2.51. The smallest absolute Gasteiger partial charge is 0.0823 e. The first kappa shape index (κ1) is 18.3. The van der Waals surface area contributed by atoms with Crippen LogP contribution in [-0.2, 0) is 10.2 Å². The van der Waals surface area contributed by atoms with Crippen molar-refractivity contribution in [2.45, 2.75) is 58.5 Å². The maximum Gasteiger partial charge on any atom is 0.0823 e. The number of methoxy groups -OCH3 is 1. The summed E-state index contributed by atoms with van der Waals surface area (Å²) in [5.41, 5.74) is 7.00. The van der Waals surface area contributed by atoms with Crippen LogP contribution in [0.2, 0.25) is 0 Å². The normalized spacial score (nSPS) is 23.4. The van der Waals surface area contributed by atoms with Crippen molar-refractivity contribution in [3.05, 3.63) is 64.9 Å². The number of nitrogens with zero attached hydrogens (tertiary/aromatic N) is 1. The van der Waals surface area contributed by atoms with Crippen molar-refractivity contribution in [2.24, 2.45) is 0 Å². The lowest BCUT2D eigenvalue weighted by molar-refractivity contribution is 0.192. The van der Waals surface area contributed by atoms with Gasteiger partial charge in [-0.2, -0.15) is 0 Å². The van der Waals surface area contributed by atoms with E-state index in [2.05, 4.69) is 75.1 Å². The molecule has 2 aliphatic rings. The molecular formula is C25H31NO. The van der Waals surface area contributed by atoms with Gasteiger partial charge < -0.3 is 9.64 Å². The number of fused-ring (bicyclic) bond motifs is 3. The number of anilines is 1. The van der Waals surface area contributed by atoms with E-state index in [1.54, 1.807) is 7.11 Å². The zero-order chi connectivity index (χ0) is 19.2. The Hall–Kier alpha value is -2.06. The van der Waals surface area contributed by atoms with E-state index in [1.807, 2.05) is 0 Å². The Kier molecular flexibility index (Phi) is 4.63. The molecule has 1 aliphatic heterocycles. The van der Waals surface area contributed by atoms with Crippen LogP contribution in [0.5, 0.6) is 0 Å². The van der Waals surface area contributed by atoms with Gasteiger partial charge in [0.25, 0.3) is 0 Å². The Morgan fingerprint density at radius 1 is 1.19 bits per heavy atom. The van der Waals surface area contributed by atoms with Gasteiger partial charge in [-0.15, -0.1) is 0 Å². The fraction of sp³-hybridized carbons (Fsp3) is 0.440. The first-order valence-electron chi connectivity index (χ1n) is 10.2. The van der Waals surface area contributed by atoms with Crippen LogP contribution < -0.4 is 4.90 Å². The molecule has 1 fully saturated rings. The fourth-order valence-corrected chi connectivity index (χ4v) is 4.51. The van der Waals surface area contributed by atoms with Gasteiger partial charge in [-0.1, -0.05) is 63.1 Å². The van der Waals surface area contributed by atoms with Crippen molar-refractivity contribution in [1.82, 2.24) is 0 Å². The predicted octanol–water partition coefficient (Wildman–Crippen LogP) is 6.27. The maximum absolute atomic E-state index is 5.45. The Labute approximate surface area is 163 Å². The van der Waals surface area contributed by atoms with Crippen LogP contribution in [0.3, 0.4) is 0 Å². The molecular weight excluding hydrogens is 330 g/mol. The van der Waals surface area contributed by atoms with Crippen molar-refractivity contribution in [1.29, 1.82) is 0 Å². The van der Waals surface area contributed by atoms with Gasteiger partial charge in [0, 0.05) is 36.9 Å². The standard InChI is InChI=1S/C25H31NO/c1-6-7-14-26-21-12-10-18-9-8-17(2)15-20(18)24(21)25(3,4)23(26)13-11-19-16-22(19)27-5/h8-13,15,22H,6-7,14,16H2,1-5H3/b19-11?,23-13+. The fourth-order valence-electron chi connectivity index (χ4n) is 4.51. The molecule has 2 aromatic rings. The molecule has 27 heavy (non-hydrogen) atoms. The molecule has 0 radical (unpaired) electrons. The highest BCUT2D eigenvalue weighted by molar-refractivity contribution is 5.95. The third kappa shape index (κ3) is 3.10. The Balaban J connectivity index is 1.86. The zero-order valence-corrected chi connectivity index (χ0v) is 17.3. The molecule has 0 saturated heterocycles. The largest absolute Gasteiger partial charge is 0.377 e. The van der Waals surface area contributed by atoms with Crippen LogP contribution in [0.15, 0.2) is 53.8 Å². The number of ether oxygens (including phenoxy) is 1. The van der Waals surface area contributed by atoms with E-state index in [9.17, 15) is 0 Å². The Bertz CT molecular complexity index is 935. The van der Waals surface area contributed by atoms with E-state index in [4.69, 9.17) is 4.74 Å². The topological polar surface area (TPSA) is 12.5 Å². The lowest BCUT2D eigenvalue weighted by Crippen LogP contribution is -2.27. The summed E-state index contributed by atoms with van der Waals surface area (Å²) in [6, 6.07) is 11.4. The van der Waals surface area contributed by atoms with Gasteiger partial charge in [0.05, 0.1) is 6.10 Å². The molecule has 4 rings (SSSR count). The summed E-state index contributed by atoms with van der Waals surface area (Å²) in [7, 11) is 1.80. The van der Waals surface area contributed by atoms with Gasteiger partial charge in [0.2, 0.25) is 0 Å². The third-order valence-electron chi connectivity index (χ3n) is 6.15. The molecule has 0 N–H and O–H groups in total. The van der Waals surface area contributed by atoms with E-state index < -0.39 is 0 Å². The van der Waals surface area contributed by atoms with Crippen LogP contribution in [-0.4, -0.2) is 19.8 Å². The molecule has 0 amide bonds. The molecule has 1 atom stereocenters. The Morgan fingerprint density at radius 2 is 1.96 bits per heavy atom. The van der Waals surface area contributed by atoms with E-state index in [0.29, 0.717) is 6.10 Å². The number of allylic oxidation sites excluding steroid dienone is 3. The Morgan fingerprint density at radius 3 is 2.67 bits per heavy atom. The van der Waals surface area contributed by atoms with E-state index >= 15 is 0 Å². The summed E-state index contributed by atoms with van der Waals surface area (Å²) in [4.78, 5) is 2.56. The maximum atomic E-state index is 5.45. The molecule has 2 heteroatoms. The van der Waals surface area contributed by atoms with Crippen LogP contribution in [0.4, 0.5) is 5.69 Å². The van der Waals surface area contributed by atoms with E-state index in [-0.39, 0.29) is 5.41 Å². The minimum absolute atomic E-state index is 0.00903. The summed E-state index contributed by atoms with van der Waals surface area (Å²) in [5, 5.41) is 2.74. The van der Waals surface area contributed by atoms with Crippen LogP contribution in [0, 0.1) is 6.92 Å². The number of unbranched alkanes of at least 4 members (excludes halogenated alkanes) is 1. The molecule has 1 heterocycles. The predicted molar refractivity (Wildman–Crippen MR) is 116 cm³/mol. The second kappa shape index (κ2) is 6.83. The van der Waals surface area contributed by atoms with Crippen molar-refractivity contribution in [3.8, 4) is 0 Å². The average molecular weight is 362 g/mol. The van der Waals surface area contributed by atoms with Crippen LogP contribution in [0.1, 0.15) is 51.2 Å². The lowest BCUT2D eigenvalue weighted by Gasteiger charge is -2.27. The molecule has 2 aromatic carbocycles. The summed E-state index contributed by atoms with van der Waals surface area (Å²) >= 11 is 0. The minimum atomic E-state index is -0.00903. The van der Waals surface area contributed by atoms with Crippen molar-refractivity contribution in [3.63, 3.8) is 0 Å². The van der Waals surface area contributed by atoms with Gasteiger partial charge in [-0.05, 0) is 47.4 Å². The van der Waals surface area contributed by atoms with Crippen molar-refractivity contribution < 1.29 is 4.74 Å².